The van der Waals surface area contributed by atoms with E-state index in [4.69, 9.17) is 0 Å². The molecule has 1 N–H and O–H groups in total. The van der Waals surface area contributed by atoms with Gasteiger partial charge in [0.15, 0.2) is 0 Å². The molecule has 112 valence electrons. The van der Waals surface area contributed by atoms with Crippen molar-refractivity contribution in [3.8, 4) is 0 Å². The molecule has 0 aromatic heterocycles. The van der Waals surface area contributed by atoms with Crippen molar-refractivity contribution in [1.82, 2.24) is 10.2 Å². The Hall–Kier alpha value is 0.270. The van der Waals surface area contributed by atoms with Gasteiger partial charge in [0.25, 0.3) is 0 Å². The summed E-state index contributed by atoms with van der Waals surface area (Å²) in [7, 11) is 0. The Morgan fingerprint density at radius 2 is 2.00 bits per heavy atom. The number of nitrogens with one attached hydrogen (secondary N) is 1. The number of rotatable bonds is 5. The van der Waals surface area contributed by atoms with Gasteiger partial charge in [-0.2, -0.15) is 11.8 Å². The van der Waals surface area contributed by atoms with Crippen LogP contribution in [-0.2, 0) is 0 Å². The molecule has 1 saturated carbocycles. The van der Waals surface area contributed by atoms with Crippen LogP contribution in [0.4, 0.5) is 0 Å². The van der Waals surface area contributed by atoms with E-state index in [0.717, 1.165) is 18.0 Å². The van der Waals surface area contributed by atoms with Crippen LogP contribution in [0.1, 0.15) is 52.4 Å². The minimum absolute atomic E-state index is 0.705. The zero-order valence-corrected chi connectivity index (χ0v) is 13.8. The minimum Gasteiger partial charge on any atom is -0.311 e. The zero-order valence-electron chi connectivity index (χ0n) is 13.0. The van der Waals surface area contributed by atoms with Crippen molar-refractivity contribution >= 4 is 11.8 Å². The molecular formula is C16H32N2S. The lowest BCUT2D eigenvalue weighted by Gasteiger charge is -2.45. The van der Waals surface area contributed by atoms with Gasteiger partial charge in [-0.15, -0.1) is 0 Å². The maximum absolute atomic E-state index is 3.83. The van der Waals surface area contributed by atoms with Crippen molar-refractivity contribution in [2.75, 3.05) is 25.1 Å². The Morgan fingerprint density at radius 1 is 1.26 bits per heavy atom. The highest BCUT2D eigenvalue weighted by molar-refractivity contribution is 7.98. The Labute approximate surface area is 124 Å². The number of thioether (sulfide) groups is 1. The highest BCUT2D eigenvalue weighted by Crippen LogP contribution is 2.29. The predicted molar refractivity (Wildman–Crippen MR) is 87.0 cm³/mol. The smallest absolute Gasteiger partial charge is 0.0224 e. The van der Waals surface area contributed by atoms with Crippen molar-refractivity contribution in [3.05, 3.63) is 0 Å². The molecule has 0 aromatic carbocycles. The summed E-state index contributed by atoms with van der Waals surface area (Å²) in [5, 5.41) is 3.83. The minimum atomic E-state index is 0.705. The molecule has 19 heavy (non-hydrogen) atoms. The maximum atomic E-state index is 3.83. The van der Waals surface area contributed by atoms with Gasteiger partial charge in [-0.1, -0.05) is 19.3 Å². The first kappa shape index (κ1) is 15.7. The predicted octanol–water partition coefficient (Wildman–Crippen LogP) is 3.37. The summed E-state index contributed by atoms with van der Waals surface area (Å²) in [6.07, 6.45) is 10.9. The van der Waals surface area contributed by atoms with Crippen LogP contribution in [0.3, 0.4) is 0 Å². The van der Waals surface area contributed by atoms with Crippen molar-refractivity contribution in [3.63, 3.8) is 0 Å². The number of hydrogen-bond donors (Lipinski definition) is 1. The molecule has 1 heterocycles. The molecule has 0 amide bonds. The highest BCUT2D eigenvalue weighted by atomic mass is 32.2. The summed E-state index contributed by atoms with van der Waals surface area (Å²) >= 11 is 1.98. The van der Waals surface area contributed by atoms with E-state index in [1.165, 1.54) is 57.4 Å². The number of piperazine rings is 1. The van der Waals surface area contributed by atoms with Gasteiger partial charge < -0.3 is 5.32 Å². The van der Waals surface area contributed by atoms with Crippen LogP contribution in [0.25, 0.3) is 0 Å². The Kier molecular flexibility index (Phi) is 6.51. The summed E-state index contributed by atoms with van der Waals surface area (Å²) in [5.41, 5.74) is 0. The molecule has 2 nitrogen and oxygen atoms in total. The van der Waals surface area contributed by atoms with Gasteiger partial charge in [0.1, 0.15) is 0 Å². The molecule has 0 bridgehead atoms. The van der Waals surface area contributed by atoms with Crippen molar-refractivity contribution in [2.24, 2.45) is 5.92 Å². The van der Waals surface area contributed by atoms with Crippen LogP contribution in [0.15, 0.2) is 0 Å². The quantitative estimate of drug-likeness (QED) is 0.833. The highest BCUT2D eigenvalue weighted by Gasteiger charge is 2.32. The first-order valence-corrected chi connectivity index (χ1v) is 9.59. The molecule has 1 saturated heterocycles. The second-order valence-electron chi connectivity index (χ2n) is 6.59. The lowest BCUT2D eigenvalue weighted by atomic mass is 9.82. The molecule has 0 radical (unpaired) electrons. The van der Waals surface area contributed by atoms with Gasteiger partial charge in [-0.05, 0) is 51.0 Å². The average Bonchev–Trinajstić information content (AvgIpc) is 2.46. The van der Waals surface area contributed by atoms with E-state index in [1.807, 2.05) is 11.8 Å². The number of nitrogens with zero attached hydrogens (tertiary/aromatic N) is 1. The van der Waals surface area contributed by atoms with Crippen molar-refractivity contribution in [1.29, 1.82) is 0 Å². The maximum Gasteiger partial charge on any atom is 0.0224 e. The fourth-order valence-corrected chi connectivity index (χ4v) is 4.41. The van der Waals surface area contributed by atoms with E-state index in [1.54, 1.807) is 0 Å². The van der Waals surface area contributed by atoms with E-state index < -0.39 is 0 Å². The van der Waals surface area contributed by atoms with Gasteiger partial charge in [0.2, 0.25) is 0 Å². The van der Waals surface area contributed by atoms with Crippen LogP contribution in [0, 0.1) is 5.92 Å². The molecule has 2 fully saturated rings. The Morgan fingerprint density at radius 3 is 2.68 bits per heavy atom. The van der Waals surface area contributed by atoms with Crippen LogP contribution in [-0.4, -0.2) is 48.1 Å². The SMILES string of the molecule is CSCCC(C)N1CC(C2CCCCC2)NCC1C. The second-order valence-corrected chi connectivity index (χ2v) is 7.57. The van der Waals surface area contributed by atoms with Gasteiger partial charge >= 0.3 is 0 Å². The first-order valence-electron chi connectivity index (χ1n) is 8.20. The first-order chi connectivity index (χ1) is 9.22. The van der Waals surface area contributed by atoms with Crippen LogP contribution in [0.2, 0.25) is 0 Å². The molecule has 0 aromatic rings. The lowest BCUT2D eigenvalue weighted by molar-refractivity contribution is 0.0710. The third-order valence-electron chi connectivity index (χ3n) is 5.17. The molecular weight excluding hydrogens is 252 g/mol. The summed E-state index contributed by atoms with van der Waals surface area (Å²) < 4.78 is 0. The second kappa shape index (κ2) is 7.90. The molecule has 2 rings (SSSR count). The summed E-state index contributed by atoms with van der Waals surface area (Å²) in [5.74, 6) is 2.24. The van der Waals surface area contributed by atoms with E-state index in [-0.39, 0.29) is 0 Å². The third-order valence-corrected chi connectivity index (χ3v) is 5.82. The Balaban J connectivity index is 1.87. The van der Waals surface area contributed by atoms with Crippen LogP contribution >= 0.6 is 11.8 Å². The fourth-order valence-electron chi connectivity index (χ4n) is 3.83. The molecule has 3 atom stereocenters. The summed E-state index contributed by atoms with van der Waals surface area (Å²) in [6.45, 7) is 7.28. The standard InChI is InChI=1S/C16H32N2S/c1-13(9-10-19-3)18-12-16(17-11-14(18)2)15-7-5-4-6-8-15/h13-17H,4-12H2,1-3H3. The fraction of sp³-hybridized carbons (Fsp3) is 1.00. The summed E-state index contributed by atoms with van der Waals surface area (Å²) in [4.78, 5) is 2.77. The van der Waals surface area contributed by atoms with E-state index in [2.05, 4.69) is 30.3 Å². The molecule has 0 spiro atoms. The molecule has 3 unspecified atom stereocenters. The zero-order chi connectivity index (χ0) is 13.7. The van der Waals surface area contributed by atoms with Crippen LogP contribution < -0.4 is 5.32 Å². The van der Waals surface area contributed by atoms with Gasteiger partial charge in [0.05, 0.1) is 0 Å². The molecule has 3 heteroatoms. The normalized spacial score (nSPS) is 32.4. The van der Waals surface area contributed by atoms with E-state index in [0.29, 0.717) is 6.04 Å². The van der Waals surface area contributed by atoms with E-state index in [9.17, 15) is 0 Å². The van der Waals surface area contributed by atoms with Gasteiger partial charge in [-0.3, -0.25) is 4.90 Å². The monoisotopic (exact) mass is 284 g/mol. The van der Waals surface area contributed by atoms with Gasteiger partial charge in [0, 0.05) is 31.2 Å². The molecule has 1 aliphatic heterocycles. The van der Waals surface area contributed by atoms with Crippen LogP contribution in [0.5, 0.6) is 0 Å². The topological polar surface area (TPSA) is 15.3 Å². The van der Waals surface area contributed by atoms with Crippen molar-refractivity contribution < 1.29 is 0 Å². The third kappa shape index (κ3) is 4.37. The molecule has 1 aliphatic carbocycles. The lowest BCUT2D eigenvalue weighted by Crippen LogP contribution is -2.60. The number of hydrogen-bond acceptors (Lipinski definition) is 3. The average molecular weight is 285 g/mol. The summed E-state index contributed by atoms with van der Waals surface area (Å²) in [6, 6.07) is 2.21. The van der Waals surface area contributed by atoms with Gasteiger partial charge in [-0.25, -0.2) is 0 Å². The molecule has 2 aliphatic rings. The van der Waals surface area contributed by atoms with Crippen molar-refractivity contribution in [2.45, 2.75) is 70.5 Å². The van der Waals surface area contributed by atoms with E-state index >= 15 is 0 Å². The largest absolute Gasteiger partial charge is 0.311 e. The Bertz CT molecular complexity index is 253.